The Hall–Kier alpha value is -3.15. The molecule has 2 aromatic rings. The summed E-state index contributed by atoms with van der Waals surface area (Å²) in [5.74, 6) is -0.925. The second kappa shape index (κ2) is 10.5. The van der Waals surface area contributed by atoms with Crippen molar-refractivity contribution >= 4 is 23.2 Å². The first-order valence-electron chi connectivity index (χ1n) is 11.4. The van der Waals surface area contributed by atoms with Gasteiger partial charge in [0.1, 0.15) is 36.2 Å². The predicted molar refractivity (Wildman–Crippen MR) is 125 cm³/mol. The van der Waals surface area contributed by atoms with Gasteiger partial charge in [0.15, 0.2) is 12.6 Å². The first-order chi connectivity index (χ1) is 16.9. The first kappa shape index (κ1) is 27.4. The highest BCUT2D eigenvalue weighted by atomic mass is 16.7. The lowest BCUT2D eigenvalue weighted by atomic mass is 9.92. The van der Waals surface area contributed by atoms with Crippen molar-refractivity contribution in [1.29, 1.82) is 5.26 Å². The number of fused-ring (bicyclic) bond motifs is 1. The second-order valence-electron chi connectivity index (χ2n) is 9.95. The SMILES string of the molecule is CC(C)[C@H](N)C(=O)Nc1ncnn2c([C@]3(C#N)O[C@H](CO)[C@@H](OCOC(=O)C(C)(C)C)[C@H]3O)ccc12. The first-order valence-corrected chi connectivity index (χ1v) is 11.4. The van der Waals surface area contributed by atoms with Crippen LogP contribution in [0, 0.1) is 22.7 Å². The number of nitriles is 1. The minimum absolute atomic E-state index is 0.107. The number of carbonyl (C=O) groups is 2. The molecule has 3 heterocycles. The lowest BCUT2D eigenvalue weighted by molar-refractivity contribution is -0.177. The number of esters is 1. The third-order valence-corrected chi connectivity index (χ3v) is 5.94. The quantitative estimate of drug-likeness (QED) is 0.280. The Labute approximate surface area is 208 Å². The van der Waals surface area contributed by atoms with E-state index in [4.69, 9.17) is 19.9 Å². The summed E-state index contributed by atoms with van der Waals surface area (Å²) >= 11 is 0. The molecule has 1 fully saturated rings. The maximum absolute atomic E-state index is 12.5. The molecule has 1 amide bonds. The molecule has 0 bridgehead atoms. The van der Waals surface area contributed by atoms with Crippen LogP contribution in [0.15, 0.2) is 18.5 Å². The van der Waals surface area contributed by atoms with E-state index in [0.29, 0.717) is 5.52 Å². The van der Waals surface area contributed by atoms with Crippen molar-refractivity contribution in [1.82, 2.24) is 14.6 Å². The van der Waals surface area contributed by atoms with Crippen molar-refractivity contribution in [3.05, 3.63) is 24.2 Å². The van der Waals surface area contributed by atoms with Crippen molar-refractivity contribution in [2.24, 2.45) is 17.1 Å². The number of nitrogens with two attached hydrogens (primary N) is 1. The maximum atomic E-state index is 12.5. The van der Waals surface area contributed by atoms with E-state index in [1.165, 1.54) is 16.9 Å². The molecule has 2 aromatic heterocycles. The number of aliphatic hydroxyl groups is 2. The van der Waals surface area contributed by atoms with Crippen LogP contribution in [-0.2, 0) is 29.4 Å². The summed E-state index contributed by atoms with van der Waals surface area (Å²) in [5, 5.41) is 37.9. The van der Waals surface area contributed by atoms with Crippen LogP contribution in [0.2, 0.25) is 0 Å². The monoisotopic (exact) mass is 504 g/mol. The van der Waals surface area contributed by atoms with Crippen LogP contribution in [0.3, 0.4) is 0 Å². The van der Waals surface area contributed by atoms with Crippen molar-refractivity contribution in [3.8, 4) is 6.07 Å². The Balaban J connectivity index is 1.90. The van der Waals surface area contributed by atoms with Gasteiger partial charge in [-0.25, -0.2) is 9.50 Å². The highest BCUT2D eigenvalue weighted by Crippen LogP contribution is 2.41. The van der Waals surface area contributed by atoms with E-state index in [2.05, 4.69) is 15.4 Å². The molecule has 0 spiro atoms. The topological polar surface area (TPSA) is 194 Å². The van der Waals surface area contributed by atoms with Crippen LogP contribution in [0.25, 0.3) is 5.52 Å². The van der Waals surface area contributed by atoms with Crippen molar-refractivity contribution in [3.63, 3.8) is 0 Å². The van der Waals surface area contributed by atoms with Gasteiger partial charge in [-0.3, -0.25) is 9.59 Å². The fourth-order valence-corrected chi connectivity index (χ4v) is 3.71. The van der Waals surface area contributed by atoms with E-state index >= 15 is 0 Å². The molecule has 0 aromatic carbocycles. The molecular formula is C23H32N6O7. The number of nitrogens with one attached hydrogen (secondary N) is 1. The summed E-state index contributed by atoms with van der Waals surface area (Å²) < 4.78 is 17.8. The Bertz CT molecular complexity index is 1150. The van der Waals surface area contributed by atoms with Gasteiger partial charge in [0.25, 0.3) is 0 Å². The average Bonchev–Trinajstić information content (AvgIpc) is 3.38. The van der Waals surface area contributed by atoms with Gasteiger partial charge in [0.05, 0.1) is 23.8 Å². The van der Waals surface area contributed by atoms with Gasteiger partial charge in [0, 0.05) is 0 Å². The van der Waals surface area contributed by atoms with E-state index in [9.17, 15) is 25.1 Å². The van der Waals surface area contributed by atoms with Gasteiger partial charge in [-0.2, -0.15) is 10.4 Å². The number of anilines is 1. The number of aromatic nitrogens is 3. The molecule has 196 valence electrons. The summed E-state index contributed by atoms with van der Waals surface area (Å²) in [6.07, 6.45) is -2.72. The van der Waals surface area contributed by atoms with Gasteiger partial charge in [-0.1, -0.05) is 13.8 Å². The molecule has 5 atom stereocenters. The minimum atomic E-state index is -2.00. The fraction of sp³-hybridized carbons (Fsp3) is 0.609. The van der Waals surface area contributed by atoms with Crippen LogP contribution in [0.4, 0.5) is 5.82 Å². The number of rotatable bonds is 8. The van der Waals surface area contributed by atoms with E-state index in [1.54, 1.807) is 26.8 Å². The molecule has 5 N–H and O–H groups in total. The molecule has 13 heteroatoms. The molecule has 1 aliphatic rings. The van der Waals surface area contributed by atoms with Crippen molar-refractivity contribution < 1.29 is 34.0 Å². The highest BCUT2D eigenvalue weighted by Gasteiger charge is 2.58. The summed E-state index contributed by atoms with van der Waals surface area (Å²) in [5.41, 5.74) is 3.60. The predicted octanol–water partition coefficient (Wildman–Crippen LogP) is 0.0540. The fourth-order valence-electron chi connectivity index (χ4n) is 3.71. The maximum Gasteiger partial charge on any atom is 0.313 e. The molecule has 36 heavy (non-hydrogen) atoms. The van der Waals surface area contributed by atoms with Crippen LogP contribution in [-0.4, -0.2) is 74.4 Å². The number of carbonyl (C=O) groups excluding carboxylic acids is 2. The molecule has 3 rings (SSSR count). The van der Waals surface area contributed by atoms with Crippen LogP contribution >= 0.6 is 0 Å². The highest BCUT2D eigenvalue weighted by molar-refractivity contribution is 5.97. The summed E-state index contributed by atoms with van der Waals surface area (Å²) in [6, 6.07) is 4.25. The molecular weight excluding hydrogens is 472 g/mol. The third kappa shape index (κ3) is 5.04. The Morgan fingerprint density at radius 2 is 2.08 bits per heavy atom. The van der Waals surface area contributed by atoms with Gasteiger partial charge in [-0.05, 0) is 38.8 Å². The Morgan fingerprint density at radius 1 is 1.39 bits per heavy atom. The zero-order valence-corrected chi connectivity index (χ0v) is 20.8. The molecule has 0 aliphatic carbocycles. The van der Waals surface area contributed by atoms with Gasteiger partial charge in [0.2, 0.25) is 11.5 Å². The van der Waals surface area contributed by atoms with E-state index < -0.39 is 60.6 Å². The number of hydrogen-bond donors (Lipinski definition) is 4. The number of amides is 1. The van der Waals surface area contributed by atoms with Gasteiger partial charge >= 0.3 is 5.97 Å². The Morgan fingerprint density at radius 3 is 2.67 bits per heavy atom. The largest absolute Gasteiger partial charge is 0.438 e. The van der Waals surface area contributed by atoms with Crippen LogP contribution in [0.1, 0.15) is 40.3 Å². The second-order valence-corrected chi connectivity index (χ2v) is 9.95. The van der Waals surface area contributed by atoms with Crippen LogP contribution in [0.5, 0.6) is 0 Å². The van der Waals surface area contributed by atoms with E-state index in [1.807, 2.05) is 19.9 Å². The van der Waals surface area contributed by atoms with Gasteiger partial charge < -0.3 is 35.5 Å². The molecule has 0 unspecified atom stereocenters. The van der Waals surface area contributed by atoms with Gasteiger partial charge in [-0.15, -0.1) is 0 Å². The summed E-state index contributed by atoms with van der Waals surface area (Å²) in [7, 11) is 0. The zero-order valence-electron chi connectivity index (χ0n) is 20.8. The number of nitrogens with zero attached hydrogens (tertiary/aromatic N) is 4. The van der Waals surface area contributed by atoms with E-state index in [0.717, 1.165) is 0 Å². The lowest BCUT2D eigenvalue weighted by Crippen LogP contribution is -2.42. The number of aliphatic hydroxyl groups excluding tert-OH is 2. The zero-order chi connectivity index (χ0) is 26.8. The molecule has 13 nitrogen and oxygen atoms in total. The molecule has 1 saturated heterocycles. The smallest absolute Gasteiger partial charge is 0.313 e. The normalized spacial score (nSPS) is 25.1. The van der Waals surface area contributed by atoms with Crippen molar-refractivity contribution in [2.75, 3.05) is 18.7 Å². The molecule has 1 aliphatic heterocycles. The Kier molecular flexibility index (Phi) is 7.97. The average molecular weight is 505 g/mol. The molecule has 0 saturated carbocycles. The van der Waals surface area contributed by atoms with Crippen molar-refractivity contribution in [2.45, 2.75) is 64.6 Å². The summed E-state index contributed by atoms with van der Waals surface area (Å²) in [6.45, 7) is 7.55. The standard InChI is InChI=1S/C23H32N6O7/c1-12(2)16(25)20(32)28-19-13-6-7-15(29(13)27-10-26-19)23(9-24)18(31)17(14(8-30)36-23)34-11-35-21(33)22(3,4)5/h6-7,10,12,14,16-18,30-31H,8,11,25H2,1-5H3,(H,26,27,28,32)/t14-,16+,17-,18-,23+/m1/s1. The van der Waals surface area contributed by atoms with E-state index in [-0.39, 0.29) is 17.4 Å². The minimum Gasteiger partial charge on any atom is -0.438 e. The molecule has 0 radical (unpaired) electrons. The third-order valence-electron chi connectivity index (χ3n) is 5.94. The van der Waals surface area contributed by atoms with Crippen LogP contribution < -0.4 is 11.1 Å². The number of hydrogen-bond acceptors (Lipinski definition) is 11. The summed E-state index contributed by atoms with van der Waals surface area (Å²) in [4.78, 5) is 28.6. The number of ether oxygens (including phenoxy) is 3. The lowest BCUT2D eigenvalue weighted by Gasteiger charge is -2.25.